The third kappa shape index (κ3) is 3.90. The molecule has 0 atom stereocenters. The zero-order valence-corrected chi connectivity index (χ0v) is 25.0. The maximum Gasteiger partial charge on any atom is 0.148 e. The average molecular weight is 589 g/mol. The molecule has 0 saturated heterocycles. The lowest BCUT2D eigenvalue weighted by molar-refractivity contribution is 0.726. The molecule has 9 rings (SSSR count). The maximum absolute atomic E-state index is 5.22. The molecule has 0 amide bonds. The van der Waals surface area contributed by atoms with Gasteiger partial charge in [-0.15, -0.1) is 0 Å². The van der Waals surface area contributed by atoms with Crippen LogP contribution < -0.4 is 0 Å². The van der Waals surface area contributed by atoms with E-state index in [9.17, 15) is 0 Å². The number of aromatic nitrogens is 4. The van der Waals surface area contributed by atoms with Crippen LogP contribution in [0.25, 0.3) is 50.4 Å². The van der Waals surface area contributed by atoms with Gasteiger partial charge in [0.15, 0.2) is 0 Å². The number of hydrogen-bond donors (Lipinski definition) is 0. The lowest BCUT2D eigenvalue weighted by Gasteiger charge is -2.41. The Kier molecular flexibility index (Phi) is 6.00. The zero-order chi connectivity index (χ0) is 30.5. The van der Waals surface area contributed by atoms with Crippen molar-refractivity contribution in [2.75, 3.05) is 0 Å². The summed E-state index contributed by atoms with van der Waals surface area (Å²) in [6.07, 6.45) is 5.25. The Balaban J connectivity index is 1.40. The molecule has 1 aliphatic rings. The summed E-state index contributed by atoms with van der Waals surface area (Å²) < 4.78 is 2.31. The Morgan fingerprint density at radius 2 is 1.04 bits per heavy atom. The average Bonchev–Trinajstić information content (AvgIpc) is 3.54. The molecule has 0 radical (unpaired) electrons. The number of para-hydroxylation sites is 1. The van der Waals surface area contributed by atoms with Gasteiger partial charge in [0.1, 0.15) is 12.2 Å². The highest BCUT2D eigenvalue weighted by Gasteiger charge is 2.45. The molecule has 3 heterocycles. The van der Waals surface area contributed by atoms with Gasteiger partial charge in [0.05, 0.1) is 27.7 Å². The predicted molar refractivity (Wildman–Crippen MR) is 185 cm³/mol. The fourth-order valence-electron chi connectivity index (χ4n) is 7.30. The Labute approximate surface area is 267 Å². The highest BCUT2D eigenvalue weighted by Crippen LogP contribution is 2.54. The quantitative estimate of drug-likeness (QED) is 0.201. The Morgan fingerprint density at radius 1 is 0.457 bits per heavy atom. The van der Waals surface area contributed by atoms with Gasteiger partial charge in [-0.05, 0) is 68.8 Å². The Bertz CT molecular complexity index is 2310. The van der Waals surface area contributed by atoms with E-state index in [1.807, 2.05) is 12.4 Å². The van der Waals surface area contributed by atoms with Crippen molar-refractivity contribution in [3.63, 3.8) is 0 Å². The number of fused-ring (bicyclic) bond motifs is 2. The van der Waals surface area contributed by atoms with Gasteiger partial charge in [-0.25, -0.2) is 15.0 Å². The molecule has 1 aliphatic heterocycles. The van der Waals surface area contributed by atoms with Crippen molar-refractivity contribution in [1.29, 1.82) is 0 Å². The van der Waals surface area contributed by atoms with Crippen LogP contribution in [0, 0.1) is 0 Å². The van der Waals surface area contributed by atoms with E-state index < -0.39 is 5.41 Å². The molecule has 6 aromatic carbocycles. The first-order valence-corrected chi connectivity index (χ1v) is 15.5. The van der Waals surface area contributed by atoms with Crippen LogP contribution in [0.2, 0.25) is 0 Å². The number of rotatable bonds is 5. The summed E-state index contributed by atoms with van der Waals surface area (Å²) in [5.74, 6) is 0.831. The zero-order valence-electron chi connectivity index (χ0n) is 25.0. The first-order chi connectivity index (χ1) is 22.8. The van der Waals surface area contributed by atoms with E-state index >= 15 is 0 Å². The van der Waals surface area contributed by atoms with Gasteiger partial charge in [-0.3, -0.25) is 4.57 Å². The van der Waals surface area contributed by atoms with Crippen LogP contribution in [0.1, 0.15) is 22.3 Å². The molecular weight excluding hydrogens is 560 g/mol. The molecule has 0 N–H and O–H groups in total. The minimum atomic E-state index is -0.592. The second-order valence-corrected chi connectivity index (χ2v) is 11.7. The Hall–Kier alpha value is -6.13. The van der Waals surface area contributed by atoms with E-state index in [4.69, 9.17) is 4.98 Å². The lowest BCUT2D eigenvalue weighted by atomic mass is 9.63. The van der Waals surface area contributed by atoms with Crippen molar-refractivity contribution < 1.29 is 0 Å². The molecule has 4 nitrogen and oxygen atoms in total. The van der Waals surface area contributed by atoms with Crippen molar-refractivity contribution in [3.05, 3.63) is 193 Å². The summed E-state index contributed by atoms with van der Waals surface area (Å²) in [5, 5.41) is 0. The van der Waals surface area contributed by atoms with Gasteiger partial charge < -0.3 is 0 Å². The topological polar surface area (TPSA) is 43.6 Å². The third-order valence-electron chi connectivity index (χ3n) is 9.26. The first kappa shape index (κ1) is 26.3. The molecule has 0 aliphatic carbocycles. The number of imidazole rings is 1. The van der Waals surface area contributed by atoms with Crippen LogP contribution in [-0.4, -0.2) is 19.5 Å². The van der Waals surface area contributed by atoms with E-state index in [0.717, 1.165) is 33.7 Å². The van der Waals surface area contributed by atoms with Gasteiger partial charge in [0.2, 0.25) is 0 Å². The normalized spacial score (nSPS) is 13.0. The summed E-state index contributed by atoms with van der Waals surface area (Å²) in [6, 6.07) is 54.6. The summed E-state index contributed by atoms with van der Waals surface area (Å²) in [5.41, 5.74) is 13.0. The number of nitrogens with zero attached hydrogens (tertiary/aromatic N) is 4. The van der Waals surface area contributed by atoms with Crippen LogP contribution >= 0.6 is 0 Å². The summed E-state index contributed by atoms with van der Waals surface area (Å²) >= 11 is 0. The minimum absolute atomic E-state index is 0.592. The highest BCUT2D eigenvalue weighted by molar-refractivity contribution is 5.93. The molecule has 0 fully saturated rings. The predicted octanol–water partition coefficient (Wildman–Crippen LogP) is 9.51. The first-order valence-electron chi connectivity index (χ1n) is 15.5. The minimum Gasteiger partial charge on any atom is -0.292 e. The molecule has 0 spiro atoms. The fourth-order valence-corrected chi connectivity index (χ4v) is 7.30. The molecule has 0 bridgehead atoms. The molecule has 216 valence electrons. The second-order valence-electron chi connectivity index (χ2n) is 11.7. The van der Waals surface area contributed by atoms with Crippen LogP contribution in [-0.2, 0) is 5.41 Å². The SMILES string of the molecule is c1ccc(-c2cccc(-c3ccc4c(c3)C(c3ccccc3)(c3ccccc3)c3cccc5nc(-c6cncnc6)n-4c35)c2)cc1. The van der Waals surface area contributed by atoms with Crippen molar-refractivity contribution >= 4 is 11.0 Å². The van der Waals surface area contributed by atoms with Gasteiger partial charge in [0, 0.05) is 12.4 Å². The van der Waals surface area contributed by atoms with Gasteiger partial charge >= 0.3 is 0 Å². The van der Waals surface area contributed by atoms with Crippen LogP contribution in [0.4, 0.5) is 0 Å². The smallest absolute Gasteiger partial charge is 0.148 e. The molecule has 4 heteroatoms. The van der Waals surface area contributed by atoms with E-state index in [1.165, 1.54) is 38.9 Å². The van der Waals surface area contributed by atoms with Crippen molar-refractivity contribution in [1.82, 2.24) is 19.5 Å². The molecule has 0 saturated carbocycles. The molecule has 8 aromatic rings. The monoisotopic (exact) mass is 588 g/mol. The summed E-state index contributed by atoms with van der Waals surface area (Å²) in [7, 11) is 0. The fraction of sp³-hybridized carbons (Fsp3) is 0.0238. The standard InChI is InChI=1S/C42H28N4/c1-4-12-29(13-5-1)30-14-10-15-31(24-30)32-22-23-39-37(25-32)42(34-16-6-2-7-17-34,35-18-8-3-9-19-35)36-20-11-21-38-40(36)46(39)41(45-38)33-26-43-28-44-27-33/h1-28H. The van der Waals surface area contributed by atoms with Crippen LogP contribution in [0.5, 0.6) is 0 Å². The lowest BCUT2D eigenvalue weighted by Crippen LogP contribution is -2.35. The molecule has 46 heavy (non-hydrogen) atoms. The number of benzene rings is 6. The van der Waals surface area contributed by atoms with Crippen molar-refractivity contribution in [2.45, 2.75) is 5.41 Å². The molecule has 2 aromatic heterocycles. The Morgan fingerprint density at radius 3 is 1.74 bits per heavy atom. The van der Waals surface area contributed by atoms with E-state index in [2.05, 4.69) is 166 Å². The molecular formula is C42H28N4. The van der Waals surface area contributed by atoms with Gasteiger partial charge in [-0.1, -0.05) is 127 Å². The van der Waals surface area contributed by atoms with Crippen molar-refractivity contribution in [3.8, 4) is 39.3 Å². The van der Waals surface area contributed by atoms with Gasteiger partial charge in [0.25, 0.3) is 0 Å². The van der Waals surface area contributed by atoms with Crippen molar-refractivity contribution in [2.24, 2.45) is 0 Å². The third-order valence-corrected chi connectivity index (χ3v) is 9.26. The summed E-state index contributed by atoms with van der Waals surface area (Å²) in [4.78, 5) is 13.9. The van der Waals surface area contributed by atoms with Gasteiger partial charge in [-0.2, -0.15) is 0 Å². The molecule has 0 unspecified atom stereocenters. The highest BCUT2D eigenvalue weighted by atomic mass is 15.1. The summed E-state index contributed by atoms with van der Waals surface area (Å²) in [6.45, 7) is 0. The number of hydrogen-bond acceptors (Lipinski definition) is 3. The maximum atomic E-state index is 5.22. The van der Waals surface area contributed by atoms with E-state index in [0.29, 0.717) is 0 Å². The van der Waals surface area contributed by atoms with Crippen LogP contribution in [0.3, 0.4) is 0 Å². The van der Waals surface area contributed by atoms with E-state index in [1.54, 1.807) is 6.33 Å². The van der Waals surface area contributed by atoms with E-state index in [-0.39, 0.29) is 0 Å². The largest absolute Gasteiger partial charge is 0.292 e. The van der Waals surface area contributed by atoms with Crippen LogP contribution in [0.15, 0.2) is 170 Å². The second kappa shape index (κ2) is 10.5.